The number of amides is 1. The first-order valence-electron chi connectivity index (χ1n) is 9.52. The number of rotatable bonds is 4. The predicted molar refractivity (Wildman–Crippen MR) is 113 cm³/mol. The topological polar surface area (TPSA) is 52.2 Å². The van der Waals surface area contributed by atoms with Gasteiger partial charge in [0.15, 0.2) is 5.82 Å². The summed E-state index contributed by atoms with van der Waals surface area (Å²) in [4.78, 5) is 17.0. The van der Waals surface area contributed by atoms with Crippen LogP contribution in [-0.2, 0) is 4.79 Å². The molecule has 1 aromatic heterocycles. The third kappa shape index (κ3) is 3.90. The fraction of sp³-hybridized carbons (Fsp3) is 0.273. The van der Waals surface area contributed by atoms with E-state index in [1.54, 1.807) is 0 Å². The quantitative estimate of drug-likeness (QED) is 0.722. The van der Waals surface area contributed by atoms with Crippen LogP contribution in [0.3, 0.4) is 0 Å². The van der Waals surface area contributed by atoms with E-state index in [9.17, 15) is 4.79 Å². The lowest BCUT2D eigenvalue weighted by Crippen LogP contribution is -2.50. The van der Waals surface area contributed by atoms with Crippen molar-refractivity contribution in [1.29, 1.82) is 0 Å². The van der Waals surface area contributed by atoms with E-state index in [1.165, 1.54) is 0 Å². The third-order valence-electron chi connectivity index (χ3n) is 5.30. The first kappa shape index (κ1) is 18.6. The highest BCUT2D eigenvalue weighted by Gasteiger charge is 2.26. The second kappa shape index (κ2) is 8.07. The fourth-order valence-electron chi connectivity index (χ4n) is 3.56. The molecule has 1 fully saturated rings. The van der Waals surface area contributed by atoms with Crippen LogP contribution >= 0.6 is 11.6 Å². The molecule has 1 amide bonds. The first-order valence-corrected chi connectivity index (χ1v) is 9.89. The van der Waals surface area contributed by atoms with Crippen LogP contribution in [0.15, 0.2) is 60.7 Å². The highest BCUT2D eigenvalue weighted by molar-refractivity contribution is 6.30. The van der Waals surface area contributed by atoms with Crippen LogP contribution < -0.4 is 4.90 Å². The van der Waals surface area contributed by atoms with Crippen molar-refractivity contribution in [3.63, 3.8) is 0 Å². The average molecular weight is 395 g/mol. The summed E-state index contributed by atoms with van der Waals surface area (Å²) in [5, 5.41) is 8.27. The SMILES string of the molecule is C[C@H](C(=O)N1CCN(c2cc(-c3ccc(Cl)cc3)[nH]n2)CC1)c1ccccc1. The smallest absolute Gasteiger partial charge is 0.229 e. The summed E-state index contributed by atoms with van der Waals surface area (Å²) in [5.74, 6) is 0.984. The van der Waals surface area contributed by atoms with Gasteiger partial charge < -0.3 is 9.80 Å². The van der Waals surface area contributed by atoms with Crippen LogP contribution in [0.1, 0.15) is 18.4 Å². The molecule has 1 aliphatic rings. The number of hydrogen-bond donors (Lipinski definition) is 1. The number of carbonyl (C=O) groups is 1. The van der Waals surface area contributed by atoms with Crippen molar-refractivity contribution in [3.05, 3.63) is 71.2 Å². The Kier molecular flexibility index (Phi) is 5.35. The number of carbonyl (C=O) groups excluding carboxylic acids is 1. The molecular weight excluding hydrogens is 372 g/mol. The molecule has 28 heavy (non-hydrogen) atoms. The Labute approximate surface area is 169 Å². The third-order valence-corrected chi connectivity index (χ3v) is 5.56. The van der Waals surface area contributed by atoms with E-state index in [0.717, 1.165) is 35.7 Å². The van der Waals surface area contributed by atoms with Crippen molar-refractivity contribution in [3.8, 4) is 11.3 Å². The summed E-state index contributed by atoms with van der Waals surface area (Å²) >= 11 is 5.96. The molecule has 2 heterocycles. The minimum Gasteiger partial charge on any atom is -0.352 e. The van der Waals surface area contributed by atoms with Gasteiger partial charge in [-0.05, 0) is 30.2 Å². The van der Waals surface area contributed by atoms with Crippen LogP contribution in [0.5, 0.6) is 0 Å². The van der Waals surface area contributed by atoms with Gasteiger partial charge in [0, 0.05) is 37.3 Å². The monoisotopic (exact) mass is 394 g/mol. The van der Waals surface area contributed by atoms with Gasteiger partial charge in [0.25, 0.3) is 0 Å². The van der Waals surface area contributed by atoms with Gasteiger partial charge in [0.1, 0.15) is 0 Å². The van der Waals surface area contributed by atoms with E-state index in [0.29, 0.717) is 18.1 Å². The van der Waals surface area contributed by atoms with Crippen LogP contribution in [0, 0.1) is 0 Å². The number of nitrogens with one attached hydrogen (secondary N) is 1. The first-order chi connectivity index (χ1) is 13.6. The Balaban J connectivity index is 1.38. The number of hydrogen-bond acceptors (Lipinski definition) is 3. The molecule has 1 N–H and O–H groups in total. The molecule has 0 saturated carbocycles. The van der Waals surface area contributed by atoms with E-state index in [1.807, 2.05) is 72.5 Å². The molecule has 3 aromatic rings. The molecule has 1 atom stereocenters. The van der Waals surface area contributed by atoms with Crippen LogP contribution in [0.4, 0.5) is 5.82 Å². The number of aromatic amines is 1. The normalized spacial score (nSPS) is 15.5. The number of H-pyrrole nitrogens is 1. The highest BCUT2D eigenvalue weighted by Crippen LogP contribution is 2.25. The Bertz CT molecular complexity index is 931. The second-order valence-corrected chi connectivity index (χ2v) is 7.53. The zero-order chi connectivity index (χ0) is 19.5. The number of halogens is 1. The van der Waals surface area contributed by atoms with Gasteiger partial charge in [-0.25, -0.2) is 0 Å². The highest BCUT2D eigenvalue weighted by atomic mass is 35.5. The molecule has 5 nitrogen and oxygen atoms in total. The Hall–Kier alpha value is -2.79. The molecule has 4 rings (SSSR count). The maximum absolute atomic E-state index is 12.8. The van der Waals surface area contributed by atoms with Crippen molar-refractivity contribution in [2.75, 3.05) is 31.1 Å². The van der Waals surface area contributed by atoms with Gasteiger partial charge in [0.2, 0.25) is 5.91 Å². The summed E-state index contributed by atoms with van der Waals surface area (Å²) in [6.07, 6.45) is 0. The van der Waals surface area contributed by atoms with E-state index in [4.69, 9.17) is 11.6 Å². The summed E-state index contributed by atoms with van der Waals surface area (Å²) in [5.41, 5.74) is 3.08. The molecule has 0 spiro atoms. The zero-order valence-corrected chi connectivity index (χ0v) is 16.6. The lowest BCUT2D eigenvalue weighted by atomic mass is 9.99. The summed E-state index contributed by atoms with van der Waals surface area (Å²) < 4.78 is 0. The van der Waals surface area contributed by atoms with Gasteiger partial charge in [0.05, 0.1) is 11.6 Å². The Morgan fingerprint density at radius 1 is 1.04 bits per heavy atom. The van der Waals surface area contributed by atoms with Crippen molar-refractivity contribution < 1.29 is 4.79 Å². The molecule has 0 unspecified atom stereocenters. The molecule has 6 heteroatoms. The number of aromatic nitrogens is 2. The van der Waals surface area contributed by atoms with Crippen molar-refractivity contribution in [2.45, 2.75) is 12.8 Å². The van der Waals surface area contributed by atoms with Gasteiger partial charge in [-0.2, -0.15) is 5.10 Å². The van der Waals surface area contributed by atoms with Crippen molar-refractivity contribution in [1.82, 2.24) is 15.1 Å². The van der Waals surface area contributed by atoms with Crippen LogP contribution in [-0.4, -0.2) is 47.2 Å². The maximum Gasteiger partial charge on any atom is 0.229 e. The zero-order valence-electron chi connectivity index (χ0n) is 15.8. The molecule has 2 aromatic carbocycles. The van der Waals surface area contributed by atoms with Gasteiger partial charge in [-0.1, -0.05) is 54.1 Å². The van der Waals surface area contributed by atoms with E-state index >= 15 is 0 Å². The molecular formula is C22H23ClN4O. The number of benzene rings is 2. The summed E-state index contributed by atoms with van der Waals surface area (Å²) in [7, 11) is 0. The van der Waals surface area contributed by atoms with Gasteiger partial charge in [-0.3, -0.25) is 9.89 Å². The second-order valence-electron chi connectivity index (χ2n) is 7.09. The number of piperazine rings is 1. The molecule has 0 radical (unpaired) electrons. The van der Waals surface area contributed by atoms with Gasteiger partial charge in [-0.15, -0.1) is 0 Å². The van der Waals surface area contributed by atoms with Crippen molar-refractivity contribution >= 4 is 23.3 Å². The maximum atomic E-state index is 12.8. The molecule has 144 valence electrons. The lowest BCUT2D eigenvalue weighted by Gasteiger charge is -2.36. The van der Waals surface area contributed by atoms with Crippen LogP contribution in [0.2, 0.25) is 5.02 Å². The Morgan fingerprint density at radius 3 is 2.39 bits per heavy atom. The van der Waals surface area contributed by atoms with E-state index in [-0.39, 0.29) is 11.8 Å². The van der Waals surface area contributed by atoms with Crippen LogP contribution in [0.25, 0.3) is 11.3 Å². The van der Waals surface area contributed by atoms with E-state index in [2.05, 4.69) is 15.1 Å². The molecule has 0 bridgehead atoms. The summed E-state index contributed by atoms with van der Waals surface area (Å²) in [6.45, 7) is 4.95. The molecule has 1 saturated heterocycles. The van der Waals surface area contributed by atoms with Crippen molar-refractivity contribution in [2.24, 2.45) is 0 Å². The largest absolute Gasteiger partial charge is 0.352 e. The Morgan fingerprint density at radius 2 is 1.71 bits per heavy atom. The standard InChI is InChI=1S/C22H23ClN4O/c1-16(17-5-3-2-4-6-17)22(28)27-13-11-26(12-14-27)21-15-20(24-25-21)18-7-9-19(23)10-8-18/h2-10,15-16H,11-14H2,1H3,(H,24,25)/t16-/m0/s1. The molecule has 0 aliphatic carbocycles. The predicted octanol–water partition coefficient (Wildman–Crippen LogP) is 4.18. The molecule has 1 aliphatic heterocycles. The minimum absolute atomic E-state index is 0.116. The number of anilines is 1. The van der Waals surface area contributed by atoms with Gasteiger partial charge >= 0.3 is 0 Å². The average Bonchev–Trinajstić information content (AvgIpc) is 3.24. The van der Waals surface area contributed by atoms with E-state index < -0.39 is 0 Å². The number of nitrogens with zero attached hydrogens (tertiary/aromatic N) is 3. The fourth-order valence-corrected chi connectivity index (χ4v) is 3.69. The summed E-state index contributed by atoms with van der Waals surface area (Å²) in [6, 6.07) is 19.7. The minimum atomic E-state index is -0.116. The lowest BCUT2D eigenvalue weighted by molar-refractivity contribution is -0.132.